The number of fused-ring (bicyclic) bond motifs is 6. The highest BCUT2D eigenvalue weighted by Crippen LogP contribution is 2.41. The first-order valence-corrected chi connectivity index (χ1v) is 23.2. The van der Waals surface area contributed by atoms with Crippen molar-refractivity contribution in [2.24, 2.45) is 17.3 Å². The number of rotatable bonds is 11. The van der Waals surface area contributed by atoms with Gasteiger partial charge in [0.25, 0.3) is 5.91 Å². The number of nitrogens with zero attached hydrogens (tertiary/aromatic N) is 4. The monoisotopic (exact) mass is 886 g/mol. The van der Waals surface area contributed by atoms with Crippen LogP contribution in [0, 0.1) is 17.3 Å². The fourth-order valence-corrected chi connectivity index (χ4v) is 10.0. The van der Waals surface area contributed by atoms with Gasteiger partial charge < -0.3 is 29.2 Å². The maximum Gasteiger partial charge on any atom is 0.324 e. The lowest BCUT2D eigenvalue weighted by Crippen LogP contribution is -2.62. The summed E-state index contributed by atoms with van der Waals surface area (Å²) >= 11 is 0. The fourth-order valence-electron chi connectivity index (χ4n) is 10.0. The Morgan fingerprint density at radius 3 is 2.54 bits per heavy atom. The van der Waals surface area contributed by atoms with Crippen LogP contribution in [0.5, 0.6) is 0 Å². The maximum absolute atomic E-state index is 14.7. The van der Waals surface area contributed by atoms with Gasteiger partial charge in [-0.05, 0) is 91.0 Å². The van der Waals surface area contributed by atoms with Crippen LogP contribution in [0.25, 0.3) is 33.3 Å². The second-order valence-corrected chi connectivity index (χ2v) is 19.0. The van der Waals surface area contributed by atoms with E-state index in [0.29, 0.717) is 45.4 Å². The van der Waals surface area contributed by atoms with E-state index in [1.165, 1.54) is 27.1 Å². The second-order valence-electron chi connectivity index (χ2n) is 19.0. The van der Waals surface area contributed by atoms with Crippen molar-refractivity contribution in [3.63, 3.8) is 0 Å². The first kappa shape index (κ1) is 47.2. The van der Waals surface area contributed by atoms with Crippen molar-refractivity contribution in [1.82, 2.24) is 30.1 Å². The van der Waals surface area contributed by atoms with Crippen LogP contribution in [0.3, 0.4) is 0 Å². The van der Waals surface area contributed by atoms with Crippen molar-refractivity contribution in [1.29, 1.82) is 0 Å². The van der Waals surface area contributed by atoms with Crippen LogP contribution in [0.1, 0.15) is 70.6 Å². The minimum Gasteiger partial charge on any atom is -0.464 e. The zero-order chi connectivity index (χ0) is 46.6. The Kier molecular flexibility index (Phi) is 14.6. The van der Waals surface area contributed by atoms with E-state index in [1.54, 1.807) is 19.1 Å². The number of aryl methyl sites for hydroxylation is 1. The number of hydrazine groups is 1. The molecule has 3 aliphatic rings. The molecular formula is C52H66N6O7. The van der Waals surface area contributed by atoms with Crippen molar-refractivity contribution >= 4 is 40.5 Å². The molecule has 2 saturated heterocycles. The number of benzene rings is 3. The number of hydrogen-bond acceptors (Lipinski definition) is 8. The number of hydrogen-bond donors (Lipinski definition) is 2. The van der Waals surface area contributed by atoms with Crippen LogP contribution in [0.2, 0.25) is 0 Å². The molecule has 3 aliphatic heterocycles. The lowest BCUT2D eigenvalue weighted by Gasteiger charge is -2.37. The molecule has 0 spiro atoms. The molecule has 3 aromatic carbocycles. The number of aromatic nitrogens is 1. The number of esters is 1. The predicted octanol–water partition coefficient (Wildman–Crippen LogP) is 6.35. The summed E-state index contributed by atoms with van der Waals surface area (Å²) in [5.74, 6) is -2.51. The molecule has 6 bridgehead atoms. The average molecular weight is 887 g/mol. The van der Waals surface area contributed by atoms with Crippen LogP contribution >= 0.6 is 0 Å². The van der Waals surface area contributed by atoms with Gasteiger partial charge in [-0.1, -0.05) is 88.9 Å². The number of ether oxygens (including phenoxy) is 2. The third-order valence-electron chi connectivity index (χ3n) is 13.3. The summed E-state index contributed by atoms with van der Waals surface area (Å²) in [4.78, 5) is 72.4. The van der Waals surface area contributed by atoms with Crippen LogP contribution in [0.4, 0.5) is 0 Å². The van der Waals surface area contributed by atoms with Gasteiger partial charge in [0.05, 0.1) is 24.8 Å². The van der Waals surface area contributed by atoms with Gasteiger partial charge in [0, 0.05) is 68.6 Å². The van der Waals surface area contributed by atoms with Crippen LogP contribution in [-0.2, 0) is 59.3 Å². The van der Waals surface area contributed by atoms with Crippen LogP contribution in [0.15, 0.2) is 79.4 Å². The van der Waals surface area contributed by atoms with Gasteiger partial charge >= 0.3 is 5.97 Å². The first-order chi connectivity index (χ1) is 31.1. The lowest BCUT2D eigenvalue weighted by atomic mass is 9.83. The molecule has 1 aromatic heterocycles. The molecule has 0 saturated carbocycles. The summed E-state index contributed by atoms with van der Waals surface area (Å²) in [6.45, 7) is 16.3. The van der Waals surface area contributed by atoms with Crippen molar-refractivity contribution in [3.05, 3.63) is 96.1 Å². The maximum atomic E-state index is 14.7. The van der Waals surface area contributed by atoms with Crippen molar-refractivity contribution in [2.75, 3.05) is 47.0 Å². The number of cyclic esters (lactones) is 1. The zero-order valence-corrected chi connectivity index (χ0v) is 39.2. The molecule has 4 heterocycles. The average Bonchev–Trinajstić information content (AvgIpc) is 3.92. The number of amides is 4. The van der Waals surface area contributed by atoms with Crippen LogP contribution in [-0.4, -0.2) is 114 Å². The highest BCUT2D eigenvalue weighted by Gasteiger charge is 2.40. The minimum absolute atomic E-state index is 0.158. The molecule has 13 nitrogen and oxygen atoms in total. The number of methoxy groups -OCH3 is 1. The quantitative estimate of drug-likeness (QED) is 0.131. The lowest BCUT2D eigenvalue weighted by molar-refractivity contribution is -0.155. The number of likely N-dealkylation sites (N-methyl/N-ethyl adjacent to an activating group) is 1. The Balaban J connectivity index is 1.28. The number of likely N-dealkylation sites (tertiary alicyclic amines) is 1. The van der Waals surface area contributed by atoms with E-state index >= 15 is 0 Å². The molecule has 2 N–H and O–H groups in total. The number of nitrogens with one attached hydrogen (secondary N) is 2. The van der Waals surface area contributed by atoms with E-state index < -0.39 is 41.3 Å². The molecule has 0 unspecified atom stereocenters. The molecular weight excluding hydrogens is 821 g/mol. The van der Waals surface area contributed by atoms with Gasteiger partial charge in [0.15, 0.2) is 0 Å². The molecule has 4 aromatic rings. The molecule has 0 aliphatic carbocycles. The van der Waals surface area contributed by atoms with Crippen molar-refractivity contribution < 1.29 is 33.4 Å². The molecule has 2 fully saturated rings. The molecule has 7 rings (SSSR count). The van der Waals surface area contributed by atoms with Crippen molar-refractivity contribution in [2.45, 2.75) is 97.8 Å². The third-order valence-corrected chi connectivity index (χ3v) is 13.3. The van der Waals surface area contributed by atoms with E-state index in [1.807, 2.05) is 26.0 Å². The number of carbonyl (C=O) groups excluding carboxylic acids is 5. The molecule has 4 amide bonds. The Labute approximate surface area is 383 Å². The Hall–Kier alpha value is -5.79. The van der Waals surface area contributed by atoms with Gasteiger partial charge in [-0.15, -0.1) is 0 Å². The Bertz CT molecular complexity index is 2440. The van der Waals surface area contributed by atoms with E-state index in [9.17, 15) is 24.0 Å². The molecule has 65 heavy (non-hydrogen) atoms. The standard InChI is InChI=1S/C52H66N6O7/c1-9-45(59)56-25-22-38(31-56)49(61)55(7)46(33(3)4)48(60)53-43-28-34-15-13-17-36(27-34)37-20-21-44-40(29-37)41(47(57(44)10-2)39-18-12-11-16-35(39)23-26-64-8)30-52(5,6)32-65-51(63)42-19-14-24-58(54-42)50(43)62/h9,11-13,15-18,20-21,27,29,33,38,42-43,46,54H,1,10,14,19,22-26,28,30-32H2,2-8H3,(H,53,60)/t38-,42-,43-,46-/m0/s1. The zero-order valence-electron chi connectivity index (χ0n) is 39.2. The highest BCUT2D eigenvalue weighted by atomic mass is 16.5. The summed E-state index contributed by atoms with van der Waals surface area (Å²) in [5, 5.41) is 5.63. The smallest absolute Gasteiger partial charge is 0.324 e. The largest absolute Gasteiger partial charge is 0.464 e. The first-order valence-electron chi connectivity index (χ1n) is 23.2. The summed E-state index contributed by atoms with van der Waals surface area (Å²) in [5.41, 5.74) is 11.3. The summed E-state index contributed by atoms with van der Waals surface area (Å²) in [7, 11) is 3.34. The number of carbonyl (C=O) groups is 5. The van der Waals surface area contributed by atoms with Gasteiger partial charge in [0.2, 0.25) is 17.7 Å². The summed E-state index contributed by atoms with van der Waals surface area (Å²) in [6.07, 6.45) is 4.32. The van der Waals surface area contributed by atoms with Gasteiger partial charge in [-0.25, -0.2) is 5.43 Å². The Morgan fingerprint density at radius 1 is 1.03 bits per heavy atom. The predicted molar refractivity (Wildman–Crippen MR) is 252 cm³/mol. The van der Waals surface area contributed by atoms with Crippen LogP contribution < -0.4 is 10.7 Å². The SMILES string of the molecule is C=CC(=O)N1CC[C@H](C(=O)N(C)[C@H](C(=O)N[C@H]2Cc3cccc(c3)-c3ccc4c(c3)c(c(-c3ccccc3CCOC)n4CC)CC(C)(C)COC(=O)[C@@H]3CCCN(N3)C2=O)C(C)C)C1. The Morgan fingerprint density at radius 2 is 1.80 bits per heavy atom. The topological polar surface area (TPSA) is 143 Å². The van der Waals surface area contributed by atoms with Gasteiger partial charge in [-0.3, -0.25) is 29.0 Å². The van der Waals surface area contributed by atoms with E-state index in [4.69, 9.17) is 9.47 Å². The molecule has 13 heteroatoms. The third kappa shape index (κ3) is 10.2. The fraction of sp³-hybridized carbons (Fsp3) is 0.481. The normalized spacial score (nSPS) is 20.6. The molecule has 4 atom stereocenters. The molecule has 0 radical (unpaired) electrons. The van der Waals surface area contributed by atoms with E-state index in [-0.39, 0.29) is 43.2 Å². The van der Waals surface area contributed by atoms with E-state index in [0.717, 1.165) is 51.8 Å². The van der Waals surface area contributed by atoms with Gasteiger partial charge in [-0.2, -0.15) is 0 Å². The van der Waals surface area contributed by atoms with E-state index in [2.05, 4.69) is 97.3 Å². The van der Waals surface area contributed by atoms with Gasteiger partial charge in [0.1, 0.15) is 18.1 Å². The van der Waals surface area contributed by atoms with Crippen molar-refractivity contribution in [3.8, 4) is 22.4 Å². The summed E-state index contributed by atoms with van der Waals surface area (Å²) in [6, 6.07) is 20.5. The summed E-state index contributed by atoms with van der Waals surface area (Å²) < 4.78 is 14.1. The highest BCUT2D eigenvalue weighted by molar-refractivity contribution is 5.96. The molecule has 346 valence electrons. The second kappa shape index (κ2) is 20.2. The minimum atomic E-state index is -1.04.